The first-order valence-electron chi connectivity index (χ1n) is 12.1. The van der Waals surface area contributed by atoms with Gasteiger partial charge in [-0.3, -0.25) is 14.5 Å². The number of rotatable bonds is 5. The molecule has 2 fully saturated rings. The second-order valence-electron chi connectivity index (χ2n) is 9.25. The van der Waals surface area contributed by atoms with Gasteiger partial charge in [0.25, 0.3) is 5.91 Å². The van der Waals surface area contributed by atoms with E-state index in [4.69, 9.17) is 0 Å². The van der Waals surface area contributed by atoms with E-state index in [0.29, 0.717) is 11.3 Å². The molecule has 1 unspecified atom stereocenters. The molecule has 1 atom stereocenters. The summed E-state index contributed by atoms with van der Waals surface area (Å²) in [5, 5.41) is 5.61. The van der Waals surface area contributed by atoms with Crippen LogP contribution < -0.4 is 5.32 Å². The van der Waals surface area contributed by atoms with Crippen molar-refractivity contribution in [1.29, 1.82) is 0 Å². The lowest BCUT2D eigenvalue weighted by Gasteiger charge is -2.32. The quantitative estimate of drug-likeness (QED) is 0.611. The van der Waals surface area contributed by atoms with Crippen molar-refractivity contribution >= 4 is 28.3 Å². The number of anilines is 1. The Labute approximate surface area is 195 Å². The second-order valence-corrected chi connectivity index (χ2v) is 9.25. The lowest BCUT2D eigenvalue weighted by atomic mass is 9.95. The van der Waals surface area contributed by atoms with Gasteiger partial charge in [0.15, 0.2) is 0 Å². The summed E-state index contributed by atoms with van der Waals surface area (Å²) in [5.41, 5.74) is 2.53. The van der Waals surface area contributed by atoms with E-state index in [0.717, 1.165) is 58.4 Å². The Balaban J connectivity index is 1.27. The lowest BCUT2D eigenvalue weighted by Crippen LogP contribution is -2.40. The Bertz CT molecular complexity index is 1150. The van der Waals surface area contributed by atoms with E-state index >= 15 is 0 Å². The minimum atomic E-state index is -0.0799. The summed E-state index contributed by atoms with van der Waals surface area (Å²) >= 11 is 0. The standard InChI is InChI=1S/C28H31N3O2/c32-27(29-26-15-4-3-14-25(26)28(33)31-17-5-6-18-31)23-12-8-16-30(20-23)19-22-11-7-10-21-9-1-2-13-24(21)22/h1-4,7,9-11,13-15,23H,5-6,8,12,16-20H2,(H,29,32). The van der Waals surface area contributed by atoms with Gasteiger partial charge in [0.1, 0.15) is 0 Å². The van der Waals surface area contributed by atoms with Crippen molar-refractivity contribution in [3.8, 4) is 0 Å². The van der Waals surface area contributed by atoms with Crippen LogP contribution in [0.25, 0.3) is 10.8 Å². The van der Waals surface area contributed by atoms with E-state index < -0.39 is 0 Å². The number of hydrogen-bond donors (Lipinski definition) is 1. The summed E-state index contributed by atoms with van der Waals surface area (Å²) in [7, 11) is 0. The van der Waals surface area contributed by atoms with Crippen molar-refractivity contribution in [2.75, 3.05) is 31.5 Å². The molecular formula is C28H31N3O2. The van der Waals surface area contributed by atoms with E-state index in [1.54, 1.807) is 0 Å². The lowest BCUT2D eigenvalue weighted by molar-refractivity contribution is -0.121. The van der Waals surface area contributed by atoms with Crippen molar-refractivity contribution in [2.45, 2.75) is 32.2 Å². The molecule has 170 valence electrons. The minimum absolute atomic E-state index is 0.0132. The van der Waals surface area contributed by atoms with E-state index in [9.17, 15) is 9.59 Å². The van der Waals surface area contributed by atoms with Gasteiger partial charge >= 0.3 is 0 Å². The highest BCUT2D eigenvalue weighted by molar-refractivity contribution is 6.04. The molecule has 2 heterocycles. The number of amides is 2. The first kappa shape index (κ1) is 21.7. The van der Waals surface area contributed by atoms with Crippen molar-refractivity contribution in [3.63, 3.8) is 0 Å². The Kier molecular flexibility index (Phi) is 6.40. The predicted octanol–water partition coefficient (Wildman–Crippen LogP) is 4.93. The van der Waals surface area contributed by atoms with E-state index in [1.807, 2.05) is 29.2 Å². The van der Waals surface area contributed by atoms with Crippen LogP contribution in [0.4, 0.5) is 5.69 Å². The van der Waals surface area contributed by atoms with Crippen LogP contribution in [0.15, 0.2) is 66.7 Å². The number of nitrogens with one attached hydrogen (secondary N) is 1. The van der Waals surface area contributed by atoms with Gasteiger partial charge in [0.2, 0.25) is 5.91 Å². The summed E-state index contributed by atoms with van der Waals surface area (Å²) < 4.78 is 0. The molecule has 0 radical (unpaired) electrons. The van der Waals surface area contributed by atoms with E-state index in [1.165, 1.54) is 16.3 Å². The fraction of sp³-hybridized carbons (Fsp3) is 0.357. The number of benzene rings is 3. The fourth-order valence-corrected chi connectivity index (χ4v) is 5.19. The van der Waals surface area contributed by atoms with Gasteiger partial charge in [-0.25, -0.2) is 0 Å². The minimum Gasteiger partial charge on any atom is -0.339 e. The molecule has 2 saturated heterocycles. The first-order valence-corrected chi connectivity index (χ1v) is 12.1. The summed E-state index contributed by atoms with van der Waals surface area (Å²) in [5.74, 6) is -0.0485. The average Bonchev–Trinajstić information content (AvgIpc) is 3.40. The molecular weight excluding hydrogens is 410 g/mol. The summed E-state index contributed by atoms with van der Waals surface area (Å²) in [4.78, 5) is 30.4. The maximum absolute atomic E-state index is 13.2. The van der Waals surface area contributed by atoms with Crippen LogP contribution in [0.5, 0.6) is 0 Å². The van der Waals surface area contributed by atoms with Crippen molar-refractivity contribution in [1.82, 2.24) is 9.80 Å². The third-order valence-electron chi connectivity index (χ3n) is 6.96. The van der Waals surface area contributed by atoms with Crippen molar-refractivity contribution in [3.05, 3.63) is 77.9 Å². The number of carbonyl (C=O) groups excluding carboxylic acids is 2. The molecule has 2 amide bonds. The van der Waals surface area contributed by atoms with Gasteiger partial charge in [-0.05, 0) is 60.7 Å². The number of piperidine rings is 1. The van der Waals surface area contributed by atoms with Crippen LogP contribution >= 0.6 is 0 Å². The number of fused-ring (bicyclic) bond motifs is 1. The van der Waals surface area contributed by atoms with E-state index in [2.05, 4.69) is 52.7 Å². The molecule has 0 saturated carbocycles. The molecule has 0 aromatic heterocycles. The highest BCUT2D eigenvalue weighted by atomic mass is 16.2. The molecule has 0 bridgehead atoms. The SMILES string of the molecule is O=C(Nc1ccccc1C(=O)N1CCCC1)C1CCCN(Cc2cccc3ccccc23)C1. The number of carbonyl (C=O) groups is 2. The molecule has 5 heteroatoms. The van der Waals surface area contributed by atoms with Gasteiger partial charge < -0.3 is 10.2 Å². The molecule has 5 nitrogen and oxygen atoms in total. The summed E-state index contributed by atoms with van der Waals surface area (Å²) in [6, 6.07) is 22.3. The van der Waals surface area contributed by atoms with Gasteiger partial charge in [0, 0.05) is 26.2 Å². The zero-order chi connectivity index (χ0) is 22.6. The van der Waals surface area contributed by atoms with Gasteiger partial charge in [0.05, 0.1) is 17.2 Å². The van der Waals surface area contributed by atoms with Crippen LogP contribution in [0.3, 0.4) is 0 Å². The van der Waals surface area contributed by atoms with Crippen LogP contribution in [0.2, 0.25) is 0 Å². The maximum atomic E-state index is 13.2. The molecule has 3 aromatic carbocycles. The van der Waals surface area contributed by atoms with Crippen molar-refractivity contribution in [2.24, 2.45) is 5.92 Å². The Morgan fingerprint density at radius 1 is 0.848 bits per heavy atom. The Hall–Kier alpha value is -3.18. The van der Waals surface area contributed by atoms with Crippen molar-refractivity contribution < 1.29 is 9.59 Å². The van der Waals surface area contributed by atoms with Crippen LogP contribution in [0, 0.1) is 5.92 Å². The molecule has 2 aliphatic heterocycles. The van der Waals surface area contributed by atoms with Gasteiger partial charge in [-0.15, -0.1) is 0 Å². The number of hydrogen-bond acceptors (Lipinski definition) is 3. The first-order chi connectivity index (χ1) is 16.2. The molecule has 5 rings (SSSR count). The Morgan fingerprint density at radius 3 is 2.48 bits per heavy atom. The maximum Gasteiger partial charge on any atom is 0.255 e. The molecule has 2 aliphatic rings. The highest BCUT2D eigenvalue weighted by Crippen LogP contribution is 2.26. The third-order valence-corrected chi connectivity index (χ3v) is 6.96. The predicted molar refractivity (Wildman–Crippen MR) is 132 cm³/mol. The van der Waals surface area contributed by atoms with Gasteiger partial charge in [-0.1, -0.05) is 54.6 Å². The normalized spacial score (nSPS) is 19.0. The summed E-state index contributed by atoms with van der Waals surface area (Å²) in [6.07, 6.45) is 3.97. The topological polar surface area (TPSA) is 52.7 Å². The summed E-state index contributed by atoms with van der Waals surface area (Å²) in [6.45, 7) is 4.17. The molecule has 3 aromatic rings. The van der Waals surface area contributed by atoms with Crippen LogP contribution in [-0.2, 0) is 11.3 Å². The van der Waals surface area contributed by atoms with E-state index in [-0.39, 0.29) is 17.7 Å². The highest BCUT2D eigenvalue weighted by Gasteiger charge is 2.28. The van der Waals surface area contributed by atoms with Gasteiger partial charge in [-0.2, -0.15) is 0 Å². The largest absolute Gasteiger partial charge is 0.339 e. The second kappa shape index (κ2) is 9.75. The smallest absolute Gasteiger partial charge is 0.255 e. The zero-order valence-electron chi connectivity index (χ0n) is 19.0. The number of likely N-dealkylation sites (tertiary alicyclic amines) is 2. The number of nitrogens with zero attached hydrogens (tertiary/aromatic N) is 2. The fourth-order valence-electron chi connectivity index (χ4n) is 5.19. The molecule has 0 aliphatic carbocycles. The molecule has 1 N–H and O–H groups in total. The van der Waals surface area contributed by atoms with Crippen LogP contribution in [0.1, 0.15) is 41.6 Å². The van der Waals surface area contributed by atoms with Crippen LogP contribution in [-0.4, -0.2) is 47.8 Å². The third kappa shape index (κ3) is 4.79. The molecule has 33 heavy (non-hydrogen) atoms. The Morgan fingerprint density at radius 2 is 1.61 bits per heavy atom. The zero-order valence-corrected chi connectivity index (χ0v) is 19.0. The monoisotopic (exact) mass is 441 g/mol. The molecule has 0 spiro atoms. The number of para-hydroxylation sites is 1. The average molecular weight is 442 g/mol.